The number of nitrogens with zero attached hydrogens (tertiary/aromatic N) is 2. The van der Waals surface area contributed by atoms with E-state index in [0.717, 1.165) is 34.4 Å². The Morgan fingerprint density at radius 3 is 2.73 bits per heavy atom. The molecule has 0 bridgehead atoms. The number of rotatable bonds is 3. The summed E-state index contributed by atoms with van der Waals surface area (Å²) in [5.41, 5.74) is 4.95. The summed E-state index contributed by atoms with van der Waals surface area (Å²) in [5.74, 6) is 0.191. The number of phenols is 1. The summed E-state index contributed by atoms with van der Waals surface area (Å²) in [7, 11) is 0. The van der Waals surface area contributed by atoms with Crippen molar-refractivity contribution < 1.29 is 9.90 Å². The van der Waals surface area contributed by atoms with Crippen molar-refractivity contribution in [2.24, 2.45) is 5.10 Å². The molecule has 0 saturated carbocycles. The molecule has 0 saturated heterocycles. The maximum Gasteiger partial charge on any atom is 0.230 e. The normalized spacial score (nSPS) is 17.5. The van der Waals surface area contributed by atoms with Gasteiger partial charge in [0, 0.05) is 17.5 Å². The van der Waals surface area contributed by atoms with Gasteiger partial charge in [-0.3, -0.25) is 4.79 Å². The Hall–Kier alpha value is -2.62. The van der Waals surface area contributed by atoms with Crippen LogP contribution in [0.2, 0.25) is 0 Å². The minimum Gasteiger partial charge on any atom is -0.508 e. The van der Waals surface area contributed by atoms with Gasteiger partial charge in [-0.05, 0) is 31.5 Å². The standard InChI is InChI=1S/C18H18N2O2/c1-12-7-8-13(2)15(9-12)16-10-17(20(11-21)19-16)14-5-3-4-6-18(14)22/h3-9,11,17,22H,10H2,1-2H3. The average molecular weight is 294 g/mol. The van der Waals surface area contributed by atoms with Crippen LogP contribution in [0.25, 0.3) is 0 Å². The molecule has 4 nitrogen and oxygen atoms in total. The van der Waals surface area contributed by atoms with Crippen LogP contribution in [0.1, 0.15) is 34.7 Å². The molecule has 112 valence electrons. The van der Waals surface area contributed by atoms with E-state index < -0.39 is 0 Å². The molecule has 0 radical (unpaired) electrons. The number of amides is 1. The molecular formula is C18H18N2O2. The zero-order valence-electron chi connectivity index (χ0n) is 12.7. The van der Waals surface area contributed by atoms with Gasteiger partial charge in [-0.15, -0.1) is 0 Å². The van der Waals surface area contributed by atoms with Crippen LogP contribution in [-0.4, -0.2) is 22.2 Å². The molecule has 1 unspecified atom stereocenters. The number of benzene rings is 2. The summed E-state index contributed by atoms with van der Waals surface area (Å²) in [6.07, 6.45) is 1.32. The molecule has 2 aromatic rings. The van der Waals surface area contributed by atoms with Crippen LogP contribution in [0.3, 0.4) is 0 Å². The topological polar surface area (TPSA) is 52.9 Å². The highest BCUT2D eigenvalue weighted by atomic mass is 16.3. The van der Waals surface area contributed by atoms with E-state index >= 15 is 0 Å². The summed E-state index contributed by atoms with van der Waals surface area (Å²) in [4.78, 5) is 11.4. The third-order valence-corrected chi connectivity index (χ3v) is 4.05. The minimum absolute atomic E-state index is 0.191. The van der Waals surface area contributed by atoms with Crippen molar-refractivity contribution in [1.29, 1.82) is 0 Å². The van der Waals surface area contributed by atoms with Crippen molar-refractivity contribution in [2.75, 3.05) is 0 Å². The molecule has 0 fully saturated rings. The minimum atomic E-state index is -0.256. The SMILES string of the molecule is Cc1ccc(C)c(C2=NN(C=O)C(c3ccccc3O)C2)c1. The Kier molecular flexibility index (Phi) is 3.67. The van der Waals surface area contributed by atoms with Crippen molar-refractivity contribution in [3.63, 3.8) is 0 Å². The average Bonchev–Trinajstić information content (AvgIpc) is 2.94. The van der Waals surface area contributed by atoms with E-state index in [1.165, 1.54) is 5.01 Å². The number of carbonyl (C=O) groups is 1. The summed E-state index contributed by atoms with van der Waals surface area (Å²) >= 11 is 0. The molecule has 1 amide bonds. The zero-order valence-corrected chi connectivity index (χ0v) is 12.7. The summed E-state index contributed by atoms with van der Waals surface area (Å²) in [6.45, 7) is 4.08. The first-order chi connectivity index (χ1) is 10.6. The first-order valence-corrected chi connectivity index (χ1v) is 7.27. The molecular weight excluding hydrogens is 276 g/mol. The van der Waals surface area contributed by atoms with Crippen molar-refractivity contribution in [2.45, 2.75) is 26.3 Å². The molecule has 3 rings (SSSR count). The predicted octanol–water partition coefficient (Wildman–Crippen LogP) is 3.32. The van der Waals surface area contributed by atoms with E-state index in [2.05, 4.69) is 23.3 Å². The highest BCUT2D eigenvalue weighted by Crippen LogP contribution is 2.36. The van der Waals surface area contributed by atoms with E-state index in [9.17, 15) is 9.90 Å². The molecule has 0 spiro atoms. The van der Waals surface area contributed by atoms with Crippen LogP contribution in [-0.2, 0) is 4.79 Å². The van der Waals surface area contributed by atoms with Crippen LogP contribution < -0.4 is 0 Å². The smallest absolute Gasteiger partial charge is 0.230 e. The number of aromatic hydroxyl groups is 1. The van der Waals surface area contributed by atoms with Crippen molar-refractivity contribution in [3.05, 3.63) is 64.7 Å². The summed E-state index contributed by atoms with van der Waals surface area (Å²) in [6, 6.07) is 13.0. The molecule has 0 aliphatic carbocycles. The molecule has 1 heterocycles. The Morgan fingerprint density at radius 1 is 1.23 bits per heavy atom. The quantitative estimate of drug-likeness (QED) is 0.883. The van der Waals surface area contributed by atoms with Crippen LogP contribution in [0.4, 0.5) is 0 Å². The Bertz CT molecular complexity index is 753. The number of para-hydroxylation sites is 1. The van der Waals surface area contributed by atoms with E-state index in [0.29, 0.717) is 6.42 Å². The summed E-state index contributed by atoms with van der Waals surface area (Å²) in [5, 5.41) is 15.9. The molecule has 1 atom stereocenters. The lowest BCUT2D eigenvalue weighted by Crippen LogP contribution is -2.17. The van der Waals surface area contributed by atoms with Crippen LogP contribution in [0, 0.1) is 13.8 Å². The molecule has 22 heavy (non-hydrogen) atoms. The first-order valence-electron chi connectivity index (χ1n) is 7.27. The molecule has 0 aromatic heterocycles. The molecule has 4 heteroatoms. The highest BCUT2D eigenvalue weighted by Gasteiger charge is 2.30. The van der Waals surface area contributed by atoms with Gasteiger partial charge in [-0.1, -0.05) is 35.9 Å². The van der Waals surface area contributed by atoms with Gasteiger partial charge < -0.3 is 5.11 Å². The van der Waals surface area contributed by atoms with Gasteiger partial charge in [-0.25, -0.2) is 5.01 Å². The molecule has 2 aromatic carbocycles. The van der Waals surface area contributed by atoms with E-state index in [-0.39, 0.29) is 11.8 Å². The molecule has 1 N–H and O–H groups in total. The third-order valence-electron chi connectivity index (χ3n) is 4.05. The van der Waals surface area contributed by atoms with Gasteiger partial charge in [0.25, 0.3) is 0 Å². The first kappa shape index (κ1) is 14.3. The van der Waals surface area contributed by atoms with Gasteiger partial charge in [0.1, 0.15) is 5.75 Å². The van der Waals surface area contributed by atoms with Crippen LogP contribution >= 0.6 is 0 Å². The van der Waals surface area contributed by atoms with Gasteiger partial charge in [-0.2, -0.15) is 5.10 Å². The third kappa shape index (κ3) is 2.48. The van der Waals surface area contributed by atoms with E-state index in [1.54, 1.807) is 12.1 Å². The fourth-order valence-corrected chi connectivity index (χ4v) is 2.86. The number of hydrogen-bond acceptors (Lipinski definition) is 3. The Morgan fingerprint density at radius 2 is 2.00 bits per heavy atom. The predicted molar refractivity (Wildman–Crippen MR) is 85.8 cm³/mol. The fourth-order valence-electron chi connectivity index (χ4n) is 2.86. The Balaban J connectivity index is 1.99. The fraction of sp³-hybridized carbons (Fsp3) is 0.222. The maximum absolute atomic E-state index is 11.4. The number of hydrogen-bond donors (Lipinski definition) is 1. The molecule has 1 aliphatic heterocycles. The summed E-state index contributed by atoms with van der Waals surface area (Å²) < 4.78 is 0. The second-order valence-electron chi connectivity index (χ2n) is 5.63. The zero-order chi connectivity index (χ0) is 15.7. The van der Waals surface area contributed by atoms with Crippen LogP contribution in [0.15, 0.2) is 47.6 Å². The number of hydrazone groups is 1. The monoisotopic (exact) mass is 294 g/mol. The van der Waals surface area contributed by atoms with E-state index in [1.807, 2.05) is 26.0 Å². The molecule has 1 aliphatic rings. The van der Waals surface area contributed by atoms with Crippen molar-refractivity contribution >= 4 is 12.1 Å². The van der Waals surface area contributed by atoms with Crippen molar-refractivity contribution in [1.82, 2.24) is 5.01 Å². The largest absolute Gasteiger partial charge is 0.508 e. The van der Waals surface area contributed by atoms with Gasteiger partial charge in [0.05, 0.1) is 11.8 Å². The number of phenolic OH excluding ortho intramolecular Hbond substituents is 1. The highest BCUT2D eigenvalue weighted by molar-refractivity contribution is 6.03. The van der Waals surface area contributed by atoms with Crippen molar-refractivity contribution in [3.8, 4) is 5.75 Å². The van der Waals surface area contributed by atoms with E-state index in [4.69, 9.17) is 0 Å². The number of aryl methyl sites for hydroxylation is 2. The lowest BCUT2D eigenvalue weighted by atomic mass is 9.95. The maximum atomic E-state index is 11.4. The van der Waals surface area contributed by atoms with Crippen LogP contribution in [0.5, 0.6) is 5.75 Å². The second-order valence-corrected chi connectivity index (χ2v) is 5.63. The number of carbonyl (C=O) groups excluding carboxylic acids is 1. The van der Waals surface area contributed by atoms with Gasteiger partial charge in [0.2, 0.25) is 6.41 Å². The lowest BCUT2D eigenvalue weighted by molar-refractivity contribution is -0.119. The second kappa shape index (κ2) is 5.64. The Labute approximate surface area is 129 Å². The van der Waals surface area contributed by atoms with Gasteiger partial charge >= 0.3 is 0 Å². The lowest BCUT2D eigenvalue weighted by Gasteiger charge is -2.18. The van der Waals surface area contributed by atoms with Gasteiger partial charge in [0.15, 0.2) is 0 Å².